The monoisotopic (exact) mass is 239 g/mol. The number of nitrogens with one attached hydrogen (secondary N) is 1. The summed E-state index contributed by atoms with van der Waals surface area (Å²) < 4.78 is 1.45. The molecule has 0 saturated carbocycles. The van der Waals surface area contributed by atoms with Crippen molar-refractivity contribution < 1.29 is 14.7 Å². The molecule has 1 rings (SSSR count). The predicted molar refractivity (Wildman–Crippen MR) is 61.3 cm³/mol. The first-order valence-corrected chi connectivity index (χ1v) is 5.50. The van der Waals surface area contributed by atoms with E-state index in [1.807, 2.05) is 6.92 Å². The zero-order chi connectivity index (χ0) is 12.9. The summed E-state index contributed by atoms with van der Waals surface area (Å²) in [5, 5.41) is 15.5. The highest BCUT2D eigenvalue weighted by atomic mass is 16.4. The highest BCUT2D eigenvalue weighted by Gasteiger charge is 2.33. The fourth-order valence-electron chi connectivity index (χ4n) is 1.61. The van der Waals surface area contributed by atoms with Crippen molar-refractivity contribution in [1.29, 1.82) is 0 Å². The summed E-state index contributed by atoms with van der Waals surface area (Å²) in [5.41, 5.74) is -1.21. The van der Waals surface area contributed by atoms with E-state index in [4.69, 9.17) is 5.11 Å². The molecule has 1 heterocycles. The zero-order valence-corrected chi connectivity index (χ0v) is 10.0. The van der Waals surface area contributed by atoms with E-state index >= 15 is 0 Å². The number of carbonyl (C=O) groups is 2. The lowest BCUT2D eigenvalue weighted by Crippen LogP contribution is -2.52. The molecule has 0 radical (unpaired) electrons. The van der Waals surface area contributed by atoms with Crippen LogP contribution in [0.15, 0.2) is 18.5 Å². The van der Waals surface area contributed by atoms with Gasteiger partial charge in [0.2, 0.25) is 5.91 Å². The molecule has 1 amide bonds. The highest BCUT2D eigenvalue weighted by molar-refractivity contribution is 5.86. The van der Waals surface area contributed by atoms with Crippen molar-refractivity contribution in [2.45, 2.75) is 38.8 Å². The van der Waals surface area contributed by atoms with E-state index in [1.165, 1.54) is 11.6 Å². The lowest BCUT2D eigenvalue weighted by molar-refractivity contribution is -0.147. The molecular formula is C11H17N3O3. The molecule has 94 valence electrons. The van der Waals surface area contributed by atoms with E-state index in [1.54, 1.807) is 18.5 Å². The maximum Gasteiger partial charge on any atom is 0.329 e. The van der Waals surface area contributed by atoms with E-state index in [9.17, 15) is 9.59 Å². The number of carboxylic acids is 1. The highest BCUT2D eigenvalue weighted by Crippen LogP contribution is 2.12. The summed E-state index contributed by atoms with van der Waals surface area (Å²) in [6.45, 7) is 3.42. The standard InChI is InChI=1S/C11H17N3O3/c1-3-5-11(2,10(16)17)13-9(15)8-14-7-4-6-12-14/h4,6-7H,3,5,8H2,1-2H3,(H,13,15)(H,16,17)/t11-/m1/s1. The van der Waals surface area contributed by atoms with Crippen LogP contribution in [0.4, 0.5) is 0 Å². The number of carboxylic acid groups (broad SMARTS) is 1. The van der Waals surface area contributed by atoms with Gasteiger partial charge in [-0.15, -0.1) is 0 Å². The molecule has 0 aliphatic heterocycles. The van der Waals surface area contributed by atoms with Crippen molar-refractivity contribution in [3.8, 4) is 0 Å². The lowest BCUT2D eigenvalue weighted by atomic mass is 9.96. The molecule has 6 heteroatoms. The molecule has 6 nitrogen and oxygen atoms in total. The minimum Gasteiger partial charge on any atom is -0.480 e. The summed E-state index contributed by atoms with van der Waals surface area (Å²) in [7, 11) is 0. The maximum atomic E-state index is 11.7. The van der Waals surface area contributed by atoms with Gasteiger partial charge in [0.1, 0.15) is 12.1 Å². The minimum absolute atomic E-state index is 0.0274. The Labute approximate surface area is 99.6 Å². The molecule has 1 atom stereocenters. The van der Waals surface area contributed by atoms with Gasteiger partial charge in [0.25, 0.3) is 0 Å². The fourth-order valence-corrected chi connectivity index (χ4v) is 1.61. The molecule has 17 heavy (non-hydrogen) atoms. The number of rotatable bonds is 6. The molecule has 0 unspecified atom stereocenters. The van der Waals surface area contributed by atoms with Gasteiger partial charge in [0.15, 0.2) is 0 Å². The molecule has 2 N–H and O–H groups in total. The number of amides is 1. The number of hydrogen-bond donors (Lipinski definition) is 2. The van der Waals surface area contributed by atoms with Crippen LogP contribution in [0.2, 0.25) is 0 Å². The van der Waals surface area contributed by atoms with Gasteiger partial charge in [0, 0.05) is 12.4 Å². The summed E-state index contributed by atoms with van der Waals surface area (Å²) in [4.78, 5) is 22.8. The van der Waals surface area contributed by atoms with Crippen LogP contribution in [-0.4, -0.2) is 32.3 Å². The quantitative estimate of drug-likeness (QED) is 0.763. The molecule has 0 aliphatic rings. The van der Waals surface area contributed by atoms with Gasteiger partial charge in [-0.05, 0) is 19.4 Å². The van der Waals surface area contributed by atoms with E-state index in [2.05, 4.69) is 10.4 Å². The third kappa shape index (κ3) is 3.58. The van der Waals surface area contributed by atoms with E-state index in [0.29, 0.717) is 12.8 Å². The van der Waals surface area contributed by atoms with Crippen molar-refractivity contribution in [1.82, 2.24) is 15.1 Å². The van der Waals surface area contributed by atoms with Gasteiger partial charge < -0.3 is 10.4 Å². The largest absolute Gasteiger partial charge is 0.480 e. The van der Waals surface area contributed by atoms with Gasteiger partial charge in [-0.3, -0.25) is 9.48 Å². The zero-order valence-electron chi connectivity index (χ0n) is 10.0. The van der Waals surface area contributed by atoms with Crippen LogP contribution in [0, 0.1) is 0 Å². The van der Waals surface area contributed by atoms with E-state index in [-0.39, 0.29) is 12.5 Å². The second-order valence-corrected chi connectivity index (χ2v) is 4.14. The Morgan fingerprint density at radius 1 is 1.53 bits per heavy atom. The topological polar surface area (TPSA) is 84.2 Å². The van der Waals surface area contributed by atoms with Crippen molar-refractivity contribution in [2.24, 2.45) is 0 Å². The molecule has 0 saturated heterocycles. The van der Waals surface area contributed by atoms with Crippen LogP contribution in [0.3, 0.4) is 0 Å². The molecule has 0 bridgehead atoms. The Balaban J connectivity index is 2.61. The number of carbonyl (C=O) groups excluding carboxylic acids is 1. The smallest absolute Gasteiger partial charge is 0.329 e. The Kier molecular flexibility index (Phi) is 4.25. The third-order valence-corrected chi connectivity index (χ3v) is 2.50. The average Bonchev–Trinajstić information content (AvgIpc) is 2.70. The van der Waals surface area contributed by atoms with Crippen LogP contribution >= 0.6 is 0 Å². The molecule has 1 aromatic rings. The second kappa shape index (κ2) is 5.47. The first-order chi connectivity index (χ1) is 7.98. The maximum absolute atomic E-state index is 11.7. The van der Waals surface area contributed by atoms with Gasteiger partial charge in [-0.1, -0.05) is 13.3 Å². The van der Waals surface area contributed by atoms with Gasteiger partial charge in [-0.25, -0.2) is 4.79 Å². The van der Waals surface area contributed by atoms with Crippen molar-refractivity contribution in [2.75, 3.05) is 0 Å². The van der Waals surface area contributed by atoms with Crippen LogP contribution < -0.4 is 5.32 Å². The van der Waals surface area contributed by atoms with E-state index in [0.717, 1.165) is 0 Å². The molecular weight excluding hydrogens is 222 g/mol. The average molecular weight is 239 g/mol. The van der Waals surface area contributed by atoms with Crippen LogP contribution in [0.25, 0.3) is 0 Å². The van der Waals surface area contributed by atoms with Crippen molar-refractivity contribution in [3.05, 3.63) is 18.5 Å². The number of aliphatic carboxylic acids is 1. The Morgan fingerprint density at radius 2 is 2.24 bits per heavy atom. The first kappa shape index (κ1) is 13.2. The van der Waals surface area contributed by atoms with Gasteiger partial charge in [0.05, 0.1) is 0 Å². The Bertz CT molecular complexity index is 389. The number of hydrogen-bond acceptors (Lipinski definition) is 3. The summed E-state index contributed by atoms with van der Waals surface area (Å²) in [6.07, 6.45) is 4.30. The SMILES string of the molecule is CCC[C@@](C)(NC(=O)Cn1cccn1)C(=O)O. The lowest BCUT2D eigenvalue weighted by Gasteiger charge is -2.25. The third-order valence-electron chi connectivity index (χ3n) is 2.50. The first-order valence-electron chi connectivity index (χ1n) is 5.50. The second-order valence-electron chi connectivity index (χ2n) is 4.14. The molecule has 1 aromatic heterocycles. The van der Waals surface area contributed by atoms with Gasteiger partial charge in [-0.2, -0.15) is 5.10 Å². The van der Waals surface area contributed by atoms with Crippen molar-refractivity contribution in [3.63, 3.8) is 0 Å². The molecule has 0 aromatic carbocycles. The Morgan fingerprint density at radius 3 is 2.71 bits per heavy atom. The van der Waals surface area contributed by atoms with Gasteiger partial charge >= 0.3 is 5.97 Å². The fraction of sp³-hybridized carbons (Fsp3) is 0.545. The molecule has 0 spiro atoms. The molecule has 0 fully saturated rings. The van der Waals surface area contributed by atoms with Crippen molar-refractivity contribution >= 4 is 11.9 Å². The number of aromatic nitrogens is 2. The van der Waals surface area contributed by atoms with Crippen LogP contribution in [-0.2, 0) is 16.1 Å². The Hall–Kier alpha value is -1.85. The number of nitrogens with zero attached hydrogens (tertiary/aromatic N) is 2. The summed E-state index contributed by atoms with van der Waals surface area (Å²) in [5.74, 6) is -1.37. The van der Waals surface area contributed by atoms with E-state index < -0.39 is 11.5 Å². The normalized spacial score (nSPS) is 14.0. The van der Waals surface area contributed by atoms with Crippen LogP contribution in [0.5, 0.6) is 0 Å². The molecule has 0 aliphatic carbocycles. The summed E-state index contributed by atoms with van der Waals surface area (Å²) in [6, 6.07) is 1.70. The predicted octanol–water partition coefficient (Wildman–Crippen LogP) is 0.643. The summed E-state index contributed by atoms with van der Waals surface area (Å²) >= 11 is 0. The minimum atomic E-state index is -1.21. The van der Waals surface area contributed by atoms with Crippen LogP contribution in [0.1, 0.15) is 26.7 Å².